The van der Waals surface area contributed by atoms with Crippen LogP contribution < -0.4 is 16.4 Å². The van der Waals surface area contributed by atoms with Gasteiger partial charge in [0.1, 0.15) is 0 Å². The summed E-state index contributed by atoms with van der Waals surface area (Å²) in [6.45, 7) is 2.57. The lowest BCUT2D eigenvalue weighted by molar-refractivity contribution is 0.239. The van der Waals surface area contributed by atoms with Gasteiger partial charge in [-0.05, 0) is 19.3 Å². The zero-order valence-corrected chi connectivity index (χ0v) is 7.47. The van der Waals surface area contributed by atoms with Crippen LogP contribution >= 0.6 is 0 Å². The summed E-state index contributed by atoms with van der Waals surface area (Å²) in [5, 5.41) is 5.56. The molecule has 1 unspecified atom stereocenters. The summed E-state index contributed by atoms with van der Waals surface area (Å²) in [5.74, 6) is 0. The molecule has 0 aliphatic heterocycles. The number of rotatable bonds is 4. The molecule has 4 nitrogen and oxygen atoms in total. The van der Waals surface area contributed by atoms with Crippen LogP contribution in [0.2, 0.25) is 0 Å². The van der Waals surface area contributed by atoms with Gasteiger partial charge in [-0.15, -0.1) is 0 Å². The summed E-state index contributed by atoms with van der Waals surface area (Å²) in [5.41, 5.74) is 5.63. The Morgan fingerprint density at radius 3 is 2.83 bits per heavy atom. The molecule has 1 aliphatic rings. The molecular formula is C8H17N3O. The first-order valence-corrected chi connectivity index (χ1v) is 4.52. The number of nitrogens with two attached hydrogens (primary N) is 1. The summed E-state index contributed by atoms with van der Waals surface area (Å²) in [7, 11) is 0. The lowest BCUT2D eigenvalue weighted by atomic mass is 10.2. The zero-order chi connectivity index (χ0) is 8.97. The Kier molecular flexibility index (Phi) is 3.34. The number of nitrogens with one attached hydrogen (secondary N) is 2. The maximum absolute atomic E-state index is 11.0. The summed E-state index contributed by atoms with van der Waals surface area (Å²) in [4.78, 5) is 11.0. The van der Waals surface area contributed by atoms with E-state index in [1.165, 1.54) is 0 Å². The molecule has 70 valence electrons. The quantitative estimate of drug-likeness (QED) is 0.565. The first kappa shape index (κ1) is 9.32. The Balaban J connectivity index is 2.00. The molecule has 1 rings (SSSR count). The van der Waals surface area contributed by atoms with Crippen molar-refractivity contribution in [1.29, 1.82) is 0 Å². The third kappa shape index (κ3) is 3.57. The summed E-state index contributed by atoms with van der Waals surface area (Å²) in [6, 6.07) is 0.416. The van der Waals surface area contributed by atoms with E-state index >= 15 is 0 Å². The first-order valence-electron chi connectivity index (χ1n) is 4.52. The normalized spacial score (nSPS) is 18.5. The summed E-state index contributed by atoms with van der Waals surface area (Å²) >= 11 is 0. The first-order chi connectivity index (χ1) is 5.72. The second kappa shape index (κ2) is 4.30. The molecule has 0 heterocycles. The number of hydrogen-bond acceptors (Lipinski definition) is 2. The highest BCUT2D eigenvalue weighted by Crippen LogP contribution is 2.18. The molecule has 0 aromatic rings. The standard InChI is InChI=1S/C8H17N3O/c1-2-6(9)5-10-8(12)11-7-3-4-7/h6-7H,2-5,9H2,1H3,(H2,10,11,12). The van der Waals surface area contributed by atoms with E-state index in [9.17, 15) is 4.79 Å². The van der Waals surface area contributed by atoms with Crippen LogP contribution in [0.5, 0.6) is 0 Å². The van der Waals surface area contributed by atoms with Crippen molar-refractivity contribution >= 4 is 6.03 Å². The van der Waals surface area contributed by atoms with E-state index in [1.54, 1.807) is 0 Å². The van der Waals surface area contributed by atoms with Gasteiger partial charge in [0.15, 0.2) is 0 Å². The molecule has 4 N–H and O–H groups in total. The molecule has 1 fully saturated rings. The number of hydrogen-bond donors (Lipinski definition) is 3. The van der Waals surface area contributed by atoms with Gasteiger partial charge in [-0.1, -0.05) is 6.92 Å². The smallest absolute Gasteiger partial charge is 0.315 e. The van der Waals surface area contributed by atoms with Crippen LogP contribution in [-0.4, -0.2) is 24.7 Å². The predicted octanol–water partition coefficient (Wildman–Crippen LogP) is 0.185. The third-order valence-electron chi connectivity index (χ3n) is 1.96. The molecular weight excluding hydrogens is 154 g/mol. The molecule has 0 aromatic carbocycles. The molecule has 0 bridgehead atoms. The van der Waals surface area contributed by atoms with Gasteiger partial charge in [0.2, 0.25) is 0 Å². The number of carbonyl (C=O) groups is 1. The minimum absolute atomic E-state index is 0.0787. The Bertz CT molecular complexity index is 156. The van der Waals surface area contributed by atoms with Gasteiger partial charge in [0.05, 0.1) is 0 Å². The van der Waals surface area contributed by atoms with Crippen LogP contribution in [-0.2, 0) is 0 Å². The molecule has 1 atom stereocenters. The predicted molar refractivity (Wildman–Crippen MR) is 47.8 cm³/mol. The Morgan fingerprint density at radius 1 is 1.67 bits per heavy atom. The average molecular weight is 171 g/mol. The van der Waals surface area contributed by atoms with E-state index in [-0.39, 0.29) is 12.1 Å². The second-order valence-electron chi connectivity index (χ2n) is 3.30. The highest BCUT2D eigenvalue weighted by atomic mass is 16.2. The lowest BCUT2D eigenvalue weighted by Crippen LogP contribution is -2.42. The molecule has 0 saturated heterocycles. The highest BCUT2D eigenvalue weighted by Gasteiger charge is 2.22. The van der Waals surface area contributed by atoms with E-state index < -0.39 is 0 Å². The van der Waals surface area contributed by atoms with Crippen LogP contribution in [0.25, 0.3) is 0 Å². The van der Waals surface area contributed by atoms with E-state index in [0.29, 0.717) is 12.6 Å². The molecule has 0 aromatic heterocycles. The lowest BCUT2D eigenvalue weighted by Gasteiger charge is -2.10. The fourth-order valence-corrected chi connectivity index (χ4v) is 0.832. The molecule has 12 heavy (non-hydrogen) atoms. The van der Waals surface area contributed by atoms with Crippen LogP contribution in [0.1, 0.15) is 26.2 Å². The number of urea groups is 1. The third-order valence-corrected chi connectivity index (χ3v) is 1.96. The van der Waals surface area contributed by atoms with Crippen LogP contribution in [0.15, 0.2) is 0 Å². The topological polar surface area (TPSA) is 67.1 Å². The Labute approximate surface area is 72.9 Å². The van der Waals surface area contributed by atoms with Gasteiger partial charge < -0.3 is 16.4 Å². The van der Waals surface area contributed by atoms with Crippen LogP contribution in [0, 0.1) is 0 Å². The fourth-order valence-electron chi connectivity index (χ4n) is 0.832. The van der Waals surface area contributed by atoms with Crippen molar-refractivity contribution in [1.82, 2.24) is 10.6 Å². The van der Waals surface area contributed by atoms with E-state index in [4.69, 9.17) is 5.73 Å². The van der Waals surface area contributed by atoms with Crippen LogP contribution in [0.4, 0.5) is 4.79 Å². The minimum Gasteiger partial charge on any atom is -0.337 e. The molecule has 0 spiro atoms. The Hall–Kier alpha value is -0.770. The number of amides is 2. The summed E-state index contributed by atoms with van der Waals surface area (Å²) < 4.78 is 0. The highest BCUT2D eigenvalue weighted by molar-refractivity contribution is 5.74. The zero-order valence-electron chi connectivity index (χ0n) is 7.47. The molecule has 1 saturated carbocycles. The maximum Gasteiger partial charge on any atom is 0.315 e. The van der Waals surface area contributed by atoms with Gasteiger partial charge in [0, 0.05) is 18.6 Å². The van der Waals surface area contributed by atoms with Crippen molar-refractivity contribution in [3.05, 3.63) is 0 Å². The van der Waals surface area contributed by atoms with Crippen molar-refractivity contribution in [2.75, 3.05) is 6.54 Å². The summed E-state index contributed by atoms with van der Waals surface area (Å²) in [6.07, 6.45) is 3.13. The van der Waals surface area contributed by atoms with Gasteiger partial charge in [0.25, 0.3) is 0 Å². The average Bonchev–Trinajstić information content (AvgIpc) is 2.84. The SMILES string of the molecule is CCC(N)CNC(=O)NC1CC1. The molecule has 4 heteroatoms. The van der Waals surface area contributed by atoms with Gasteiger partial charge >= 0.3 is 6.03 Å². The van der Waals surface area contributed by atoms with E-state index in [0.717, 1.165) is 19.3 Å². The Morgan fingerprint density at radius 2 is 2.33 bits per heavy atom. The minimum atomic E-state index is -0.0820. The van der Waals surface area contributed by atoms with Gasteiger partial charge in [-0.3, -0.25) is 0 Å². The van der Waals surface area contributed by atoms with Crippen molar-refractivity contribution in [2.45, 2.75) is 38.3 Å². The van der Waals surface area contributed by atoms with Crippen molar-refractivity contribution in [3.8, 4) is 0 Å². The molecule has 1 aliphatic carbocycles. The van der Waals surface area contributed by atoms with Crippen molar-refractivity contribution in [3.63, 3.8) is 0 Å². The van der Waals surface area contributed by atoms with Gasteiger partial charge in [-0.25, -0.2) is 4.79 Å². The maximum atomic E-state index is 11.0. The van der Waals surface area contributed by atoms with Crippen molar-refractivity contribution < 1.29 is 4.79 Å². The van der Waals surface area contributed by atoms with E-state index in [1.807, 2.05) is 6.92 Å². The molecule has 2 amide bonds. The fraction of sp³-hybridized carbons (Fsp3) is 0.875. The van der Waals surface area contributed by atoms with Crippen LogP contribution in [0.3, 0.4) is 0 Å². The van der Waals surface area contributed by atoms with Crippen molar-refractivity contribution in [2.24, 2.45) is 5.73 Å². The second-order valence-corrected chi connectivity index (χ2v) is 3.30. The van der Waals surface area contributed by atoms with Gasteiger partial charge in [-0.2, -0.15) is 0 Å². The monoisotopic (exact) mass is 171 g/mol. The van der Waals surface area contributed by atoms with E-state index in [2.05, 4.69) is 10.6 Å². The molecule has 0 radical (unpaired) electrons. The number of carbonyl (C=O) groups excluding carboxylic acids is 1. The largest absolute Gasteiger partial charge is 0.337 e.